The van der Waals surface area contributed by atoms with E-state index in [0.717, 1.165) is 11.1 Å². The van der Waals surface area contributed by atoms with Crippen molar-refractivity contribution in [1.82, 2.24) is 5.32 Å². The predicted molar refractivity (Wildman–Crippen MR) is 69.1 cm³/mol. The lowest BCUT2D eigenvalue weighted by Crippen LogP contribution is -2.40. The second kappa shape index (κ2) is 6.79. The monoisotopic (exact) mass is 249 g/mol. The van der Waals surface area contributed by atoms with E-state index >= 15 is 0 Å². The third-order valence-electron chi connectivity index (χ3n) is 2.50. The quantitative estimate of drug-likeness (QED) is 0.806. The molecule has 0 aliphatic heterocycles. The first-order valence-electron chi connectivity index (χ1n) is 6.04. The fraction of sp³-hybridized carbons (Fsp3) is 0.429. The minimum atomic E-state index is -0.608. The van der Waals surface area contributed by atoms with Crippen molar-refractivity contribution >= 4 is 11.9 Å². The minimum Gasteiger partial charge on any atom is -0.464 e. The smallest absolute Gasteiger partial charge is 0.328 e. The highest BCUT2D eigenvalue weighted by molar-refractivity contribution is 5.85. The number of ether oxygens (including phenoxy) is 1. The minimum absolute atomic E-state index is 0.181. The van der Waals surface area contributed by atoms with Gasteiger partial charge < -0.3 is 10.1 Å². The van der Waals surface area contributed by atoms with Crippen molar-refractivity contribution in [2.75, 3.05) is 6.61 Å². The fourth-order valence-electron chi connectivity index (χ4n) is 1.51. The summed E-state index contributed by atoms with van der Waals surface area (Å²) in [6.07, 6.45) is 0.268. The third kappa shape index (κ3) is 4.57. The summed E-state index contributed by atoms with van der Waals surface area (Å²) in [5.74, 6) is -0.589. The van der Waals surface area contributed by atoms with E-state index in [0.29, 0.717) is 6.61 Å². The van der Waals surface area contributed by atoms with Crippen LogP contribution in [0, 0.1) is 6.92 Å². The molecule has 4 nitrogen and oxygen atoms in total. The zero-order chi connectivity index (χ0) is 13.5. The molecule has 1 aromatic carbocycles. The first-order chi connectivity index (χ1) is 8.52. The average molecular weight is 249 g/mol. The first-order valence-corrected chi connectivity index (χ1v) is 6.04. The van der Waals surface area contributed by atoms with Gasteiger partial charge in [-0.15, -0.1) is 0 Å². The van der Waals surface area contributed by atoms with Crippen molar-refractivity contribution in [3.05, 3.63) is 35.4 Å². The number of amides is 1. The Labute approximate surface area is 107 Å². The summed E-state index contributed by atoms with van der Waals surface area (Å²) >= 11 is 0. The summed E-state index contributed by atoms with van der Waals surface area (Å²) in [7, 11) is 0. The van der Waals surface area contributed by atoms with Gasteiger partial charge in [0.15, 0.2) is 0 Å². The number of aryl methyl sites for hydroxylation is 1. The molecule has 98 valence electrons. The van der Waals surface area contributed by atoms with Crippen LogP contribution in [0.25, 0.3) is 0 Å². The third-order valence-corrected chi connectivity index (χ3v) is 2.50. The molecule has 1 atom stereocenters. The van der Waals surface area contributed by atoms with E-state index in [1.807, 2.05) is 31.2 Å². The topological polar surface area (TPSA) is 55.4 Å². The molecule has 18 heavy (non-hydrogen) atoms. The van der Waals surface area contributed by atoms with Gasteiger partial charge in [0.25, 0.3) is 0 Å². The van der Waals surface area contributed by atoms with Crippen LogP contribution in [0.15, 0.2) is 24.3 Å². The Balaban J connectivity index is 2.46. The molecule has 1 amide bonds. The summed E-state index contributed by atoms with van der Waals surface area (Å²) in [6.45, 7) is 5.66. The van der Waals surface area contributed by atoms with Gasteiger partial charge in [0, 0.05) is 0 Å². The molecule has 0 saturated carbocycles. The number of carbonyl (C=O) groups excluding carboxylic acids is 2. The van der Waals surface area contributed by atoms with Crippen LogP contribution in [0.2, 0.25) is 0 Å². The molecule has 0 aliphatic rings. The lowest BCUT2D eigenvalue weighted by atomic mass is 10.1. The molecular weight excluding hydrogens is 230 g/mol. The lowest BCUT2D eigenvalue weighted by molar-refractivity contribution is -0.146. The largest absolute Gasteiger partial charge is 0.464 e. The van der Waals surface area contributed by atoms with E-state index in [9.17, 15) is 9.59 Å². The maximum atomic E-state index is 11.7. The summed E-state index contributed by atoms with van der Waals surface area (Å²) in [6, 6.07) is 7.12. The number of esters is 1. The molecule has 1 rings (SSSR count). The molecule has 0 radical (unpaired) electrons. The van der Waals surface area contributed by atoms with E-state index < -0.39 is 12.0 Å². The highest BCUT2D eigenvalue weighted by Crippen LogP contribution is 2.04. The number of carbonyl (C=O) groups is 2. The SMILES string of the molecule is CCOC(=O)C(C)NC(=O)Cc1ccc(C)cc1. The maximum Gasteiger partial charge on any atom is 0.328 e. The Morgan fingerprint density at radius 3 is 2.44 bits per heavy atom. The second-order valence-electron chi connectivity index (χ2n) is 4.20. The number of benzene rings is 1. The zero-order valence-corrected chi connectivity index (χ0v) is 11.0. The molecule has 4 heteroatoms. The summed E-state index contributed by atoms with van der Waals surface area (Å²) < 4.78 is 4.82. The molecule has 1 unspecified atom stereocenters. The Bertz CT molecular complexity index is 412. The van der Waals surface area contributed by atoms with Crippen LogP contribution in [-0.4, -0.2) is 24.5 Å². The van der Waals surface area contributed by atoms with E-state index in [4.69, 9.17) is 4.74 Å². The van der Waals surface area contributed by atoms with Crippen LogP contribution >= 0.6 is 0 Å². The van der Waals surface area contributed by atoms with Gasteiger partial charge in [-0.2, -0.15) is 0 Å². The lowest BCUT2D eigenvalue weighted by Gasteiger charge is -2.12. The Morgan fingerprint density at radius 2 is 1.89 bits per heavy atom. The van der Waals surface area contributed by atoms with Crippen molar-refractivity contribution in [2.45, 2.75) is 33.2 Å². The van der Waals surface area contributed by atoms with Crippen LogP contribution in [0.5, 0.6) is 0 Å². The van der Waals surface area contributed by atoms with Crippen molar-refractivity contribution in [2.24, 2.45) is 0 Å². The molecule has 0 saturated heterocycles. The summed E-state index contributed by atoms with van der Waals surface area (Å²) in [5, 5.41) is 2.61. The van der Waals surface area contributed by atoms with E-state index in [1.54, 1.807) is 13.8 Å². The Hall–Kier alpha value is -1.84. The average Bonchev–Trinajstić information content (AvgIpc) is 2.32. The molecule has 1 N–H and O–H groups in total. The second-order valence-corrected chi connectivity index (χ2v) is 4.20. The van der Waals surface area contributed by atoms with Gasteiger partial charge in [-0.3, -0.25) is 4.79 Å². The van der Waals surface area contributed by atoms with Gasteiger partial charge in [-0.1, -0.05) is 29.8 Å². The predicted octanol–water partition coefficient (Wildman–Crippen LogP) is 1.61. The van der Waals surface area contributed by atoms with Crippen molar-refractivity contribution in [1.29, 1.82) is 0 Å². The van der Waals surface area contributed by atoms with Crippen LogP contribution in [-0.2, 0) is 20.7 Å². The van der Waals surface area contributed by atoms with Gasteiger partial charge in [0.2, 0.25) is 5.91 Å². The van der Waals surface area contributed by atoms with Crippen LogP contribution in [0.4, 0.5) is 0 Å². The molecule has 0 fully saturated rings. The molecule has 0 aliphatic carbocycles. The number of rotatable bonds is 5. The Morgan fingerprint density at radius 1 is 1.28 bits per heavy atom. The molecular formula is C14H19NO3. The molecule has 0 aromatic heterocycles. The van der Waals surface area contributed by atoms with Crippen LogP contribution in [0.3, 0.4) is 0 Å². The van der Waals surface area contributed by atoms with Crippen molar-refractivity contribution < 1.29 is 14.3 Å². The maximum absolute atomic E-state index is 11.7. The fourth-order valence-corrected chi connectivity index (χ4v) is 1.51. The highest BCUT2D eigenvalue weighted by Gasteiger charge is 2.16. The van der Waals surface area contributed by atoms with Crippen molar-refractivity contribution in [3.8, 4) is 0 Å². The summed E-state index contributed by atoms with van der Waals surface area (Å²) in [4.78, 5) is 23.0. The highest BCUT2D eigenvalue weighted by atomic mass is 16.5. The van der Waals surface area contributed by atoms with Crippen LogP contribution in [0.1, 0.15) is 25.0 Å². The number of hydrogen-bond acceptors (Lipinski definition) is 3. The van der Waals surface area contributed by atoms with E-state index in [1.165, 1.54) is 0 Å². The molecule has 0 bridgehead atoms. The molecule has 0 spiro atoms. The Kier molecular flexibility index (Phi) is 5.36. The van der Waals surface area contributed by atoms with E-state index in [2.05, 4.69) is 5.32 Å². The van der Waals surface area contributed by atoms with Crippen LogP contribution < -0.4 is 5.32 Å². The number of nitrogens with one attached hydrogen (secondary N) is 1. The first kappa shape index (κ1) is 14.2. The van der Waals surface area contributed by atoms with E-state index in [-0.39, 0.29) is 12.3 Å². The molecule has 0 heterocycles. The molecule has 1 aromatic rings. The van der Waals surface area contributed by atoms with Gasteiger partial charge in [0.1, 0.15) is 6.04 Å². The number of hydrogen-bond donors (Lipinski definition) is 1. The summed E-state index contributed by atoms with van der Waals surface area (Å²) in [5.41, 5.74) is 2.08. The van der Waals surface area contributed by atoms with Gasteiger partial charge in [0.05, 0.1) is 13.0 Å². The van der Waals surface area contributed by atoms with Gasteiger partial charge in [-0.05, 0) is 26.3 Å². The standard InChI is InChI=1S/C14H19NO3/c1-4-18-14(17)11(3)15-13(16)9-12-7-5-10(2)6-8-12/h5-8,11H,4,9H2,1-3H3,(H,15,16). The zero-order valence-electron chi connectivity index (χ0n) is 11.0. The normalized spacial score (nSPS) is 11.7. The van der Waals surface area contributed by atoms with Crippen molar-refractivity contribution in [3.63, 3.8) is 0 Å². The van der Waals surface area contributed by atoms with Gasteiger partial charge in [-0.25, -0.2) is 4.79 Å². The van der Waals surface area contributed by atoms with Gasteiger partial charge >= 0.3 is 5.97 Å².